The number of carbonyl (C=O) groups is 1. The Morgan fingerprint density at radius 1 is 1.19 bits per heavy atom. The number of carbonyl (C=O) groups excluding carboxylic acids is 1. The first-order chi connectivity index (χ1) is 10.1. The monoisotopic (exact) mass is 283 g/mol. The Morgan fingerprint density at radius 2 is 1.95 bits per heavy atom. The van der Waals surface area contributed by atoms with E-state index in [9.17, 15) is 4.79 Å². The number of aryl methyl sites for hydroxylation is 1. The Morgan fingerprint density at radius 3 is 2.67 bits per heavy atom. The molecule has 1 amide bonds. The quantitative estimate of drug-likeness (QED) is 0.856. The third-order valence-corrected chi connectivity index (χ3v) is 3.32. The van der Waals surface area contributed by atoms with E-state index in [1.807, 2.05) is 55.5 Å². The molecule has 0 aliphatic heterocycles. The number of hydrogen-bond acceptors (Lipinski definition) is 3. The van der Waals surface area contributed by atoms with E-state index in [-0.39, 0.29) is 11.9 Å². The Balaban J connectivity index is 1.75. The van der Waals surface area contributed by atoms with Gasteiger partial charge in [0.05, 0.1) is 12.2 Å². The highest BCUT2D eigenvalue weighted by Crippen LogP contribution is 2.14. The first-order valence-corrected chi connectivity index (χ1v) is 7.15. The summed E-state index contributed by atoms with van der Waals surface area (Å²) in [6, 6.07) is 15.5. The largest absolute Gasteiger partial charge is 0.350 e. The van der Waals surface area contributed by atoms with Crippen LogP contribution in [-0.2, 0) is 11.3 Å². The molecule has 3 N–H and O–H groups in total. The van der Waals surface area contributed by atoms with Gasteiger partial charge in [-0.05, 0) is 31.0 Å². The second-order valence-electron chi connectivity index (χ2n) is 5.10. The molecule has 1 unspecified atom stereocenters. The number of pyridine rings is 1. The standard InChI is InChI=1S/C17H21N3O/c1-13-6-5-9-15(20-13)12-19-17(21)11-10-16(18)14-7-3-2-4-8-14/h2-9,16H,10-12,18H2,1H3,(H,19,21). The lowest BCUT2D eigenvalue weighted by molar-refractivity contribution is -0.121. The van der Waals surface area contributed by atoms with Gasteiger partial charge in [0.1, 0.15) is 0 Å². The molecule has 0 aliphatic carbocycles. The fourth-order valence-electron chi connectivity index (χ4n) is 2.13. The van der Waals surface area contributed by atoms with Gasteiger partial charge in [0.15, 0.2) is 0 Å². The molecule has 110 valence electrons. The van der Waals surface area contributed by atoms with Crippen molar-refractivity contribution in [2.75, 3.05) is 0 Å². The van der Waals surface area contributed by atoms with Crippen molar-refractivity contribution in [1.82, 2.24) is 10.3 Å². The number of rotatable bonds is 6. The van der Waals surface area contributed by atoms with Crippen molar-refractivity contribution in [1.29, 1.82) is 0 Å². The first kappa shape index (κ1) is 15.2. The lowest BCUT2D eigenvalue weighted by Gasteiger charge is -2.11. The normalized spacial score (nSPS) is 11.9. The third kappa shape index (κ3) is 5.00. The highest BCUT2D eigenvalue weighted by atomic mass is 16.1. The Hall–Kier alpha value is -2.20. The zero-order valence-electron chi connectivity index (χ0n) is 12.3. The van der Waals surface area contributed by atoms with Crippen LogP contribution in [0, 0.1) is 6.92 Å². The number of nitrogens with two attached hydrogens (primary N) is 1. The molecule has 4 nitrogen and oxygen atoms in total. The third-order valence-electron chi connectivity index (χ3n) is 3.32. The van der Waals surface area contributed by atoms with Gasteiger partial charge in [-0.1, -0.05) is 36.4 Å². The van der Waals surface area contributed by atoms with E-state index < -0.39 is 0 Å². The van der Waals surface area contributed by atoms with Crippen LogP contribution in [0.4, 0.5) is 0 Å². The van der Waals surface area contributed by atoms with Crippen LogP contribution in [0.5, 0.6) is 0 Å². The Labute approximate surface area is 125 Å². The van der Waals surface area contributed by atoms with E-state index in [2.05, 4.69) is 10.3 Å². The van der Waals surface area contributed by atoms with Crippen molar-refractivity contribution in [3.8, 4) is 0 Å². The molecule has 0 fully saturated rings. The van der Waals surface area contributed by atoms with Crippen LogP contribution < -0.4 is 11.1 Å². The summed E-state index contributed by atoms with van der Waals surface area (Å²) < 4.78 is 0. The van der Waals surface area contributed by atoms with Crippen molar-refractivity contribution < 1.29 is 4.79 Å². The van der Waals surface area contributed by atoms with Gasteiger partial charge in [-0.15, -0.1) is 0 Å². The highest BCUT2D eigenvalue weighted by Gasteiger charge is 2.09. The lowest BCUT2D eigenvalue weighted by atomic mass is 10.0. The van der Waals surface area contributed by atoms with Gasteiger partial charge in [0, 0.05) is 18.2 Å². The first-order valence-electron chi connectivity index (χ1n) is 7.15. The maximum absolute atomic E-state index is 11.8. The molecule has 1 aromatic carbocycles. The summed E-state index contributed by atoms with van der Waals surface area (Å²) in [6.45, 7) is 2.39. The molecule has 4 heteroatoms. The number of amides is 1. The molecule has 2 aromatic rings. The second-order valence-corrected chi connectivity index (χ2v) is 5.10. The number of hydrogen-bond donors (Lipinski definition) is 2. The van der Waals surface area contributed by atoms with Gasteiger partial charge in [0.25, 0.3) is 0 Å². The van der Waals surface area contributed by atoms with Crippen molar-refractivity contribution >= 4 is 5.91 Å². The van der Waals surface area contributed by atoms with Gasteiger partial charge < -0.3 is 11.1 Å². The summed E-state index contributed by atoms with van der Waals surface area (Å²) in [7, 11) is 0. The molecule has 1 aromatic heterocycles. The number of aromatic nitrogens is 1. The van der Waals surface area contributed by atoms with Gasteiger partial charge in [-0.25, -0.2) is 0 Å². The minimum Gasteiger partial charge on any atom is -0.350 e. The minimum atomic E-state index is -0.103. The summed E-state index contributed by atoms with van der Waals surface area (Å²) in [4.78, 5) is 16.2. The average Bonchev–Trinajstić information content (AvgIpc) is 2.51. The van der Waals surface area contributed by atoms with Crippen LogP contribution in [0.3, 0.4) is 0 Å². The summed E-state index contributed by atoms with van der Waals surface area (Å²) in [5.41, 5.74) is 8.96. The van der Waals surface area contributed by atoms with Gasteiger partial charge in [-0.2, -0.15) is 0 Å². The number of nitrogens with one attached hydrogen (secondary N) is 1. The second kappa shape index (κ2) is 7.55. The molecule has 0 saturated carbocycles. The fourth-order valence-corrected chi connectivity index (χ4v) is 2.13. The summed E-state index contributed by atoms with van der Waals surface area (Å²) in [5.74, 6) is 0.00434. The van der Waals surface area contributed by atoms with Crippen molar-refractivity contribution in [2.45, 2.75) is 32.4 Å². The topological polar surface area (TPSA) is 68.0 Å². The molecule has 1 atom stereocenters. The average molecular weight is 283 g/mol. The molecule has 0 bridgehead atoms. The van der Waals surface area contributed by atoms with E-state index in [0.717, 1.165) is 17.0 Å². The molecule has 0 aliphatic rings. The maximum atomic E-state index is 11.8. The number of nitrogens with zero attached hydrogens (tertiary/aromatic N) is 1. The molecule has 0 radical (unpaired) electrons. The summed E-state index contributed by atoms with van der Waals surface area (Å²) >= 11 is 0. The van der Waals surface area contributed by atoms with Gasteiger partial charge in [0.2, 0.25) is 5.91 Å². The van der Waals surface area contributed by atoms with Gasteiger partial charge >= 0.3 is 0 Å². The van der Waals surface area contributed by atoms with Crippen LogP contribution in [0.25, 0.3) is 0 Å². The lowest BCUT2D eigenvalue weighted by Crippen LogP contribution is -2.24. The zero-order chi connectivity index (χ0) is 15.1. The van der Waals surface area contributed by atoms with Crippen molar-refractivity contribution in [3.63, 3.8) is 0 Å². The van der Waals surface area contributed by atoms with E-state index >= 15 is 0 Å². The van der Waals surface area contributed by atoms with Crippen molar-refractivity contribution in [3.05, 3.63) is 65.5 Å². The van der Waals surface area contributed by atoms with E-state index in [4.69, 9.17) is 5.73 Å². The van der Waals surface area contributed by atoms with Gasteiger partial charge in [-0.3, -0.25) is 9.78 Å². The molecule has 0 spiro atoms. The Kier molecular flexibility index (Phi) is 5.46. The smallest absolute Gasteiger partial charge is 0.220 e. The van der Waals surface area contributed by atoms with Crippen molar-refractivity contribution in [2.24, 2.45) is 5.73 Å². The summed E-state index contributed by atoms with van der Waals surface area (Å²) in [6.07, 6.45) is 1.05. The van der Waals surface area contributed by atoms with Crippen LogP contribution in [0.2, 0.25) is 0 Å². The molecule has 0 saturated heterocycles. The van der Waals surface area contributed by atoms with E-state index in [1.54, 1.807) is 0 Å². The molecule has 2 rings (SSSR count). The number of benzene rings is 1. The maximum Gasteiger partial charge on any atom is 0.220 e. The predicted molar refractivity (Wildman–Crippen MR) is 83.4 cm³/mol. The molecular formula is C17H21N3O. The predicted octanol–water partition coefficient (Wildman–Crippen LogP) is 2.49. The van der Waals surface area contributed by atoms with Crippen LogP contribution in [0.1, 0.15) is 35.8 Å². The Bertz CT molecular complexity index is 584. The SMILES string of the molecule is Cc1cccc(CNC(=O)CCC(N)c2ccccc2)n1. The van der Waals surface area contributed by atoms with Crippen LogP contribution in [-0.4, -0.2) is 10.9 Å². The minimum absolute atomic E-state index is 0.00434. The fraction of sp³-hybridized carbons (Fsp3) is 0.294. The highest BCUT2D eigenvalue weighted by molar-refractivity contribution is 5.75. The van der Waals surface area contributed by atoms with Crippen LogP contribution >= 0.6 is 0 Å². The molecular weight excluding hydrogens is 262 g/mol. The summed E-state index contributed by atoms with van der Waals surface area (Å²) in [5, 5.41) is 2.88. The van der Waals surface area contributed by atoms with Crippen LogP contribution in [0.15, 0.2) is 48.5 Å². The van der Waals surface area contributed by atoms with E-state index in [0.29, 0.717) is 19.4 Å². The zero-order valence-corrected chi connectivity index (χ0v) is 12.3. The molecule has 1 heterocycles. The van der Waals surface area contributed by atoms with E-state index in [1.165, 1.54) is 0 Å². The molecule has 21 heavy (non-hydrogen) atoms.